The van der Waals surface area contributed by atoms with Gasteiger partial charge in [0.2, 0.25) is 0 Å². The molecule has 0 fully saturated rings. The van der Waals surface area contributed by atoms with Crippen molar-refractivity contribution in [2.24, 2.45) is 10.7 Å². The summed E-state index contributed by atoms with van der Waals surface area (Å²) in [5.74, 6) is 0.379. The van der Waals surface area contributed by atoms with Crippen molar-refractivity contribution < 1.29 is 8.78 Å². The minimum absolute atomic E-state index is 0. The summed E-state index contributed by atoms with van der Waals surface area (Å²) in [4.78, 5) is 11.7. The van der Waals surface area contributed by atoms with Gasteiger partial charge in [-0.05, 0) is 30.2 Å². The fourth-order valence-corrected chi connectivity index (χ4v) is 1.82. The molecule has 8 heteroatoms. The third-order valence-electron chi connectivity index (χ3n) is 2.95. The highest BCUT2D eigenvalue weighted by atomic mass is 127. The molecule has 0 unspecified atom stereocenters. The molecule has 1 aromatic heterocycles. The fourth-order valence-electron chi connectivity index (χ4n) is 1.82. The number of anilines is 1. The Morgan fingerprint density at radius 2 is 2.13 bits per heavy atom. The number of guanidine groups is 1. The highest BCUT2D eigenvalue weighted by molar-refractivity contribution is 14.0. The van der Waals surface area contributed by atoms with Gasteiger partial charge in [-0.2, -0.15) is 0 Å². The van der Waals surface area contributed by atoms with Crippen LogP contribution in [0.1, 0.15) is 30.4 Å². The number of nitrogens with two attached hydrogens (primary N) is 1. The first kappa shape index (κ1) is 19.2. The molecule has 2 aromatic rings. The van der Waals surface area contributed by atoms with E-state index >= 15 is 0 Å². The smallest absolute Gasteiger partial charge is 0.280 e. The maximum Gasteiger partial charge on any atom is 0.280 e. The molecule has 1 heterocycles. The highest BCUT2D eigenvalue weighted by Crippen LogP contribution is 2.15. The Labute approximate surface area is 150 Å². The molecule has 0 aliphatic rings. The largest absolute Gasteiger partial charge is 0.370 e. The van der Waals surface area contributed by atoms with E-state index in [1.54, 1.807) is 0 Å². The molecule has 3 N–H and O–H groups in total. The molecule has 0 spiro atoms. The number of aryl methyl sites for hydroxylation is 1. The molecule has 2 rings (SSSR count). The molecule has 0 aliphatic heterocycles. The van der Waals surface area contributed by atoms with Crippen LogP contribution in [0, 0.1) is 0 Å². The molecule has 0 atom stereocenters. The van der Waals surface area contributed by atoms with Crippen LogP contribution in [0.3, 0.4) is 0 Å². The average Bonchev–Trinajstić information content (AvgIpc) is 2.53. The number of benzene rings is 1. The van der Waals surface area contributed by atoms with Gasteiger partial charge < -0.3 is 11.1 Å². The van der Waals surface area contributed by atoms with Gasteiger partial charge >= 0.3 is 0 Å². The zero-order valence-electron chi connectivity index (χ0n) is 12.5. The summed E-state index contributed by atoms with van der Waals surface area (Å²) in [6, 6.07) is 8.95. The lowest BCUT2D eigenvalue weighted by atomic mass is 10.1. The molecule has 5 nitrogen and oxygen atoms in total. The molecule has 0 amide bonds. The summed E-state index contributed by atoms with van der Waals surface area (Å²) < 4.78 is 25.1. The summed E-state index contributed by atoms with van der Waals surface area (Å²) in [6.45, 7) is 2.09. The van der Waals surface area contributed by atoms with E-state index in [-0.39, 0.29) is 48.0 Å². The number of nitrogens with zero attached hydrogens (tertiary/aromatic N) is 3. The summed E-state index contributed by atoms with van der Waals surface area (Å²) in [7, 11) is 0. The Morgan fingerprint density at radius 1 is 1.35 bits per heavy atom. The Hall–Kier alpha value is -1.84. The molecule has 1 aromatic carbocycles. The van der Waals surface area contributed by atoms with Crippen LogP contribution in [-0.2, 0) is 13.0 Å². The maximum absolute atomic E-state index is 12.5. The predicted molar refractivity (Wildman–Crippen MR) is 97.2 cm³/mol. The van der Waals surface area contributed by atoms with Crippen LogP contribution < -0.4 is 11.1 Å². The Balaban J connectivity index is 0.00000264. The molecule has 0 radical (unpaired) electrons. The van der Waals surface area contributed by atoms with E-state index in [1.165, 1.54) is 17.8 Å². The van der Waals surface area contributed by atoms with Crippen LogP contribution >= 0.6 is 24.0 Å². The molecule has 0 aliphatic carbocycles. The van der Waals surface area contributed by atoms with Crippen molar-refractivity contribution in [3.05, 3.63) is 53.6 Å². The van der Waals surface area contributed by atoms with Crippen molar-refractivity contribution in [1.29, 1.82) is 0 Å². The molecule has 0 saturated heterocycles. The number of aliphatic imine (C=N–C) groups is 1. The van der Waals surface area contributed by atoms with E-state index in [0.717, 1.165) is 12.1 Å². The van der Waals surface area contributed by atoms with Gasteiger partial charge in [-0.15, -0.1) is 24.0 Å². The molecule has 124 valence electrons. The number of hydrogen-bond acceptors (Lipinski definition) is 3. The standard InChI is InChI=1S/C15H17F2N5.HI/c1-2-10-4-3-5-11(8-10)21-15(18)20-9-13-19-7-6-12(22-13)14(16)17;/h3-8,14H,2,9H2,1H3,(H3,18,20,21);1H. The van der Waals surface area contributed by atoms with Gasteiger partial charge in [0.25, 0.3) is 6.43 Å². The molecular weight excluding hydrogens is 415 g/mol. The van der Waals surface area contributed by atoms with Crippen LogP contribution in [0.15, 0.2) is 41.5 Å². The Kier molecular flexibility index (Phi) is 7.79. The van der Waals surface area contributed by atoms with E-state index in [2.05, 4.69) is 27.2 Å². The zero-order valence-corrected chi connectivity index (χ0v) is 14.9. The predicted octanol–water partition coefficient (Wildman–Crippen LogP) is 3.52. The molecule has 0 bridgehead atoms. The zero-order chi connectivity index (χ0) is 15.9. The van der Waals surface area contributed by atoms with Gasteiger partial charge in [-0.3, -0.25) is 0 Å². The van der Waals surface area contributed by atoms with Crippen molar-refractivity contribution in [2.75, 3.05) is 5.32 Å². The Morgan fingerprint density at radius 3 is 2.83 bits per heavy atom. The van der Waals surface area contributed by atoms with E-state index in [0.29, 0.717) is 0 Å². The number of nitrogens with one attached hydrogen (secondary N) is 1. The average molecular weight is 433 g/mol. The number of hydrogen-bond donors (Lipinski definition) is 2. The van der Waals surface area contributed by atoms with Crippen LogP contribution in [0.25, 0.3) is 0 Å². The number of halogens is 3. The second-order valence-corrected chi connectivity index (χ2v) is 4.58. The number of rotatable bonds is 5. The SMILES string of the molecule is CCc1cccc(NC(N)=NCc2nccc(C(F)F)n2)c1.I. The molecule has 23 heavy (non-hydrogen) atoms. The van der Waals surface area contributed by atoms with Crippen LogP contribution in [-0.4, -0.2) is 15.9 Å². The van der Waals surface area contributed by atoms with E-state index in [1.807, 2.05) is 24.3 Å². The van der Waals surface area contributed by atoms with Crippen molar-refractivity contribution in [2.45, 2.75) is 26.3 Å². The normalized spacial score (nSPS) is 11.2. The Bertz CT molecular complexity index is 664. The first-order valence-electron chi connectivity index (χ1n) is 6.84. The maximum atomic E-state index is 12.5. The van der Waals surface area contributed by atoms with E-state index in [4.69, 9.17) is 5.73 Å². The summed E-state index contributed by atoms with van der Waals surface area (Å²) in [6.07, 6.45) is -0.424. The third-order valence-corrected chi connectivity index (χ3v) is 2.95. The molecular formula is C15H18F2IN5. The third kappa shape index (κ3) is 6.05. The highest BCUT2D eigenvalue weighted by Gasteiger charge is 2.09. The van der Waals surface area contributed by atoms with Gasteiger partial charge in [-0.25, -0.2) is 23.7 Å². The van der Waals surface area contributed by atoms with Crippen molar-refractivity contribution in [1.82, 2.24) is 9.97 Å². The second kappa shape index (κ2) is 9.33. The monoisotopic (exact) mass is 433 g/mol. The van der Waals surface area contributed by atoms with Crippen molar-refractivity contribution in [3.8, 4) is 0 Å². The lowest BCUT2D eigenvalue weighted by Crippen LogP contribution is -2.22. The quantitative estimate of drug-likeness (QED) is 0.430. The van der Waals surface area contributed by atoms with Gasteiger partial charge in [-0.1, -0.05) is 19.1 Å². The topological polar surface area (TPSA) is 76.2 Å². The van der Waals surface area contributed by atoms with Crippen LogP contribution in [0.2, 0.25) is 0 Å². The fraction of sp³-hybridized carbons (Fsp3) is 0.267. The van der Waals surface area contributed by atoms with E-state index < -0.39 is 6.43 Å². The summed E-state index contributed by atoms with van der Waals surface area (Å²) >= 11 is 0. The second-order valence-electron chi connectivity index (χ2n) is 4.58. The first-order valence-corrected chi connectivity index (χ1v) is 6.84. The molecule has 0 saturated carbocycles. The van der Waals surface area contributed by atoms with Crippen LogP contribution in [0.4, 0.5) is 14.5 Å². The summed E-state index contributed by atoms with van der Waals surface area (Å²) in [5.41, 5.74) is 7.45. The van der Waals surface area contributed by atoms with Crippen molar-refractivity contribution >= 4 is 35.6 Å². The minimum atomic E-state index is -2.63. The van der Waals surface area contributed by atoms with Crippen molar-refractivity contribution in [3.63, 3.8) is 0 Å². The van der Waals surface area contributed by atoms with E-state index in [9.17, 15) is 8.78 Å². The van der Waals surface area contributed by atoms with Gasteiger partial charge in [0.15, 0.2) is 5.96 Å². The van der Waals surface area contributed by atoms with Crippen LogP contribution in [0.5, 0.6) is 0 Å². The summed E-state index contributed by atoms with van der Waals surface area (Å²) in [5, 5.41) is 2.95. The first-order chi connectivity index (χ1) is 10.6. The number of aromatic nitrogens is 2. The van der Waals surface area contributed by atoms with Gasteiger partial charge in [0, 0.05) is 11.9 Å². The number of alkyl halides is 2. The lowest BCUT2D eigenvalue weighted by Gasteiger charge is -2.07. The van der Waals surface area contributed by atoms with Gasteiger partial charge in [0.1, 0.15) is 18.1 Å². The minimum Gasteiger partial charge on any atom is -0.370 e. The van der Waals surface area contributed by atoms with Gasteiger partial charge in [0.05, 0.1) is 0 Å². The lowest BCUT2D eigenvalue weighted by molar-refractivity contribution is 0.145.